The van der Waals surface area contributed by atoms with E-state index in [0.717, 1.165) is 11.1 Å². The number of hydrogen-bond acceptors (Lipinski definition) is 1. The molecular weight excluding hydrogens is 508 g/mol. The van der Waals surface area contributed by atoms with Gasteiger partial charge in [0.1, 0.15) is 0 Å². The molecule has 9 rings (SSSR count). The van der Waals surface area contributed by atoms with E-state index in [1.807, 2.05) is 42.5 Å². The molecule has 0 spiro atoms. The van der Waals surface area contributed by atoms with Crippen LogP contribution >= 0.6 is 0 Å². The summed E-state index contributed by atoms with van der Waals surface area (Å²) in [5, 5.41) is 15.3. The van der Waals surface area contributed by atoms with Crippen LogP contribution in [0, 0.1) is 0 Å². The molecule has 9 aromatic rings. The van der Waals surface area contributed by atoms with Crippen LogP contribution in [0.15, 0.2) is 146 Å². The fourth-order valence-electron chi connectivity index (χ4n) is 7.02. The molecule has 0 radical (unpaired) electrons. The van der Waals surface area contributed by atoms with Crippen LogP contribution in [0.25, 0.3) is 75.8 Å². The van der Waals surface area contributed by atoms with Crippen LogP contribution in [-0.4, -0.2) is 5.78 Å². The second-order valence-electron chi connectivity index (χ2n) is 11.2. The van der Waals surface area contributed by atoms with Gasteiger partial charge in [0.2, 0.25) is 0 Å². The fourth-order valence-corrected chi connectivity index (χ4v) is 7.02. The quantitative estimate of drug-likeness (QED) is 0.163. The summed E-state index contributed by atoms with van der Waals surface area (Å²) in [5.41, 5.74) is 3.65. The molecule has 0 aromatic heterocycles. The molecule has 0 saturated carbocycles. The minimum atomic E-state index is 0.0425. The van der Waals surface area contributed by atoms with E-state index in [9.17, 15) is 4.79 Å². The lowest BCUT2D eigenvalue weighted by atomic mass is 9.86. The van der Waals surface area contributed by atoms with Crippen LogP contribution < -0.4 is 0 Å². The van der Waals surface area contributed by atoms with E-state index >= 15 is 0 Å². The average molecular weight is 533 g/mol. The monoisotopic (exact) mass is 532 g/mol. The smallest absolute Gasteiger partial charge is 0.193 e. The molecule has 9 aromatic carbocycles. The molecule has 42 heavy (non-hydrogen) atoms. The zero-order chi connectivity index (χ0) is 27.8. The Labute approximate surface area is 242 Å². The van der Waals surface area contributed by atoms with Crippen molar-refractivity contribution in [1.29, 1.82) is 0 Å². The number of ketones is 1. The molecular formula is C41H24O. The molecule has 0 fully saturated rings. The summed E-state index contributed by atoms with van der Waals surface area (Å²) in [4.78, 5) is 13.1. The average Bonchev–Trinajstić information content (AvgIpc) is 3.06. The van der Waals surface area contributed by atoms with Gasteiger partial charge in [-0.1, -0.05) is 133 Å². The predicted molar refractivity (Wildman–Crippen MR) is 178 cm³/mol. The van der Waals surface area contributed by atoms with Crippen molar-refractivity contribution in [3.05, 3.63) is 157 Å². The van der Waals surface area contributed by atoms with Crippen LogP contribution in [0.4, 0.5) is 0 Å². The van der Waals surface area contributed by atoms with Gasteiger partial charge in [-0.05, 0) is 87.9 Å². The first kappa shape index (κ1) is 23.2. The van der Waals surface area contributed by atoms with Crippen LogP contribution in [0.2, 0.25) is 0 Å². The highest BCUT2D eigenvalue weighted by Crippen LogP contribution is 2.44. The molecule has 0 unspecified atom stereocenters. The number of fused-ring (bicyclic) bond motifs is 2. The van der Waals surface area contributed by atoms with Crippen molar-refractivity contribution in [2.45, 2.75) is 0 Å². The highest BCUT2D eigenvalue weighted by Gasteiger charge is 2.16. The predicted octanol–water partition coefficient (Wildman–Crippen LogP) is 10.9. The third-order valence-corrected chi connectivity index (χ3v) is 8.94. The molecule has 0 amide bonds. The molecule has 0 saturated heterocycles. The van der Waals surface area contributed by atoms with Gasteiger partial charge >= 0.3 is 0 Å². The van der Waals surface area contributed by atoms with Crippen molar-refractivity contribution < 1.29 is 4.79 Å². The summed E-state index contributed by atoms with van der Waals surface area (Å²) in [6.07, 6.45) is 0. The molecule has 0 aliphatic carbocycles. The molecule has 1 heteroatoms. The van der Waals surface area contributed by atoms with Gasteiger partial charge in [-0.2, -0.15) is 0 Å². The molecule has 0 bridgehead atoms. The maximum absolute atomic E-state index is 13.1. The van der Waals surface area contributed by atoms with Crippen molar-refractivity contribution in [2.24, 2.45) is 0 Å². The lowest BCUT2D eigenvalue weighted by molar-refractivity contribution is 0.103. The van der Waals surface area contributed by atoms with Crippen molar-refractivity contribution in [3.63, 3.8) is 0 Å². The number of rotatable bonds is 3. The second-order valence-corrected chi connectivity index (χ2v) is 11.2. The Kier molecular flexibility index (Phi) is 4.82. The van der Waals surface area contributed by atoms with E-state index in [1.165, 1.54) is 64.6 Å². The molecule has 0 aliphatic rings. The van der Waals surface area contributed by atoms with E-state index in [4.69, 9.17) is 0 Å². The normalized spacial score (nSPS) is 11.9. The van der Waals surface area contributed by atoms with Crippen LogP contribution in [0.1, 0.15) is 15.9 Å². The Balaban J connectivity index is 1.39. The molecule has 0 heterocycles. The molecule has 194 valence electrons. The summed E-state index contributed by atoms with van der Waals surface area (Å²) in [5.74, 6) is 0.0425. The first-order valence-electron chi connectivity index (χ1n) is 14.4. The van der Waals surface area contributed by atoms with Crippen molar-refractivity contribution in [3.8, 4) is 11.1 Å². The maximum Gasteiger partial charge on any atom is 0.193 e. The summed E-state index contributed by atoms with van der Waals surface area (Å²) < 4.78 is 0. The zero-order valence-electron chi connectivity index (χ0n) is 22.8. The zero-order valence-corrected chi connectivity index (χ0v) is 22.8. The molecule has 0 atom stereocenters. The Morgan fingerprint density at radius 1 is 0.333 bits per heavy atom. The van der Waals surface area contributed by atoms with Gasteiger partial charge in [0.15, 0.2) is 5.78 Å². The Morgan fingerprint density at radius 3 is 1.38 bits per heavy atom. The third kappa shape index (κ3) is 3.28. The highest BCUT2D eigenvalue weighted by atomic mass is 16.1. The Hall–Kier alpha value is -5.53. The van der Waals surface area contributed by atoms with E-state index < -0.39 is 0 Å². The minimum Gasteiger partial charge on any atom is -0.289 e. The van der Waals surface area contributed by atoms with Crippen molar-refractivity contribution in [1.82, 2.24) is 0 Å². The van der Waals surface area contributed by atoms with Crippen LogP contribution in [0.3, 0.4) is 0 Å². The van der Waals surface area contributed by atoms with Crippen molar-refractivity contribution >= 4 is 70.4 Å². The SMILES string of the molecule is O=C(c1ccccc1)c1ccc(-c2cc3ccc4cccc5c6cccc7ccc8cccc(c(c2)c3c45)c8c76)cc1. The van der Waals surface area contributed by atoms with Gasteiger partial charge in [0, 0.05) is 11.1 Å². The molecule has 1 nitrogen and oxygen atoms in total. The number of carbonyl (C=O) groups is 1. The first-order chi connectivity index (χ1) is 20.7. The summed E-state index contributed by atoms with van der Waals surface area (Å²) >= 11 is 0. The Morgan fingerprint density at radius 2 is 0.810 bits per heavy atom. The van der Waals surface area contributed by atoms with Gasteiger partial charge in [-0.15, -0.1) is 0 Å². The van der Waals surface area contributed by atoms with Gasteiger partial charge in [-0.25, -0.2) is 0 Å². The summed E-state index contributed by atoms with van der Waals surface area (Å²) in [6.45, 7) is 0. The lowest BCUT2D eigenvalue weighted by Crippen LogP contribution is -2.00. The highest BCUT2D eigenvalue weighted by molar-refractivity contribution is 6.37. The van der Waals surface area contributed by atoms with Gasteiger partial charge in [0.25, 0.3) is 0 Å². The third-order valence-electron chi connectivity index (χ3n) is 8.94. The second kappa shape index (κ2) is 8.73. The van der Waals surface area contributed by atoms with Crippen molar-refractivity contribution in [2.75, 3.05) is 0 Å². The van der Waals surface area contributed by atoms with E-state index in [2.05, 4.69) is 103 Å². The number of carbonyl (C=O) groups excluding carboxylic acids is 1. The molecule has 0 aliphatic heterocycles. The van der Waals surface area contributed by atoms with Gasteiger partial charge in [-0.3, -0.25) is 4.79 Å². The van der Waals surface area contributed by atoms with Crippen LogP contribution in [0.5, 0.6) is 0 Å². The fraction of sp³-hybridized carbons (Fsp3) is 0. The number of hydrogen-bond donors (Lipinski definition) is 0. The van der Waals surface area contributed by atoms with Gasteiger partial charge < -0.3 is 0 Å². The van der Waals surface area contributed by atoms with E-state index in [1.54, 1.807) is 0 Å². The van der Waals surface area contributed by atoms with Crippen LogP contribution in [-0.2, 0) is 0 Å². The van der Waals surface area contributed by atoms with E-state index in [0.29, 0.717) is 11.1 Å². The molecule has 0 N–H and O–H groups in total. The number of benzene rings is 8. The Bertz CT molecular complexity index is 2500. The standard InChI is InChI=1S/C41H24O/c42-41(29-7-2-1-3-8-29)30-20-15-25(16-21-30)32-23-31-22-19-28-10-5-13-34-33-12-4-9-26-17-18-27-11-6-14-35(39(27)37(26)33)36(24-32)40(31)38(28)34/h1-24H. The first-order valence-corrected chi connectivity index (χ1v) is 14.4. The largest absolute Gasteiger partial charge is 0.289 e. The topological polar surface area (TPSA) is 17.1 Å². The van der Waals surface area contributed by atoms with Gasteiger partial charge in [0.05, 0.1) is 0 Å². The summed E-state index contributed by atoms with van der Waals surface area (Å²) in [7, 11) is 0. The summed E-state index contributed by atoms with van der Waals surface area (Å²) in [6, 6.07) is 51.3. The maximum atomic E-state index is 13.1. The van der Waals surface area contributed by atoms with E-state index in [-0.39, 0.29) is 5.78 Å². The minimum absolute atomic E-state index is 0.0425. The lowest BCUT2D eigenvalue weighted by Gasteiger charge is -2.17.